The first-order valence-electron chi connectivity index (χ1n) is 6.75. The summed E-state index contributed by atoms with van der Waals surface area (Å²) in [7, 11) is 1.66. The smallest absolute Gasteiger partial charge is 0.161 e. The van der Waals surface area contributed by atoms with Gasteiger partial charge in [0.15, 0.2) is 11.5 Å². The van der Waals surface area contributed by atoms with Crippen LogP contribution in [0.25, 0.3) is 0 Å². The summed E-state index contributed by atoms with van der Waals surface area (Å²) in [6.07, 6.45) is 4.82. The molecule has 1 aromatic rings. The first kappa shape index (κ1) is 14.8. The highest BCUT2D eigenvalue weighted by atomic mass is 16.5. The van der Waals surface area contributed by atoms with Crippen LogP contribution in [0.1, 0.15) is 51.1 Å². The van der Waals surface area contributed by atoms with Crippen LogP contribution in [0, 0.1) is 0 Å². The number of rotatable bonds is 8. The van der Waals surface area contributed by atoms with Crippen molar-refractivity contribution in [3.8, 4) is 11.5 Å². The Balaban J connectivity index is 2.54. The Morgan fingerprint density at radius 1 is 1.17 bits per heavy atom. The maximum absolute atomic E-state index is 5.85. The van der Waals surface area contributed by atoms with Crippen molar-refractivity contribution in [2.75, 3.05) is 13.7 Å². The van der Waals surface area contributed by atoms with Gasteiger partial charge in [0, 0.05) is 6.04 Å². The summed E-state index contributed by atoms with van der Waals surface area (Å²) in [6.45, 7) is 4.91. The minimum absolute atomic E-state index is 0.0116. The fraction of sp³-hybridized carbons (Fsp3) is 0.600. The van der Waals surface area contributed by atoms with Crippen molar-refractivity contribution >= 4 is 0 Å². The standard InChI is InChI=1S/C15H25NO2/c1-4-5-6-7-10-18-14-9-8-13(12(2)16)11-15(14)17-3/h8-9,11-12H,4-7,10,16H2,1-3H3. The summed E-state index contributed by atoms with van der Waals surface area (Å²) in [4.78, 5) is 0. The highest BCUT2D eigenvalue weighted by Gasteiger charge is 2.07. The molecule has 1 atom stereocenters. The average molecular weight is 251 g/mol. The number of nitrogens with two attached hydrogens (primary N) is 1. The monoisotopic (exact) mass is 251 g/mol. The molecule has 0 fully saturated rings. The van der Waals surface area contributed by atoms with Crippen LogP contribution in [0.2, 0.25) is 0 Å². The van der Waals surface area contributed by atoms with Crippen LogP contribution < -0.4 is 15.2 Å². The summed E-state index contributed by atoms with van der Waals surface area (Å²) >= 11 is 0. The van der Waals surface area contributed by atoms with Crippen molar-refractivity contribution in [3.05, 3.63) is 23.8 Å². The Hall–Kier alpha value is -1.22. The van der Waals surface area contributed by atoms with Crippen LogP contribution in [-0.4, -0.2) is 13.7 Å². The number of hydrogen-bond acceptors (Lipinski definition) is 3. The van der Waals surface area contributed by atoms with Gasteiger partial charge in [0.05, 0.1) is 13.7 Å². The summed E-state index contributed by atoms with van der Waals surface area (Å²) in [5.74, 6) is 1.57. The van der Waals surface area contributed by atoms with Gasteiger partial charge >= 0.3 is 0 Å². The normalized spacial score (nSPS) is 12.2. The van der Waals surface area contributed by atoms with E-state index in [2.05, 4.69) is 6.92 Å². The minimum Gasteiger partial charge on any atom is -0.493 e. The fourth-order valence-corrected chi connectivity index (χ4v) is 1.80. The van der Waals surface area contributed by atoms with Crippen LogP contribution in [-0.2, 0) is 0 Å². The second-order valence-corrected chi connectivity index (χ2v) is 4.61. The van der Waals surface area contributed by atoms with E-state index in [0.29, 0.717) is 0 Å². The van der Waals surface area contributed by atoms with Gasteiger partial charge < -0.3 is 15.2 Å². The van der Waals surface area contributed by atoms with E-state index in [4.69, 9.17) is 15.2 Å². The summed E-state index contributed by atoms with van der Waals surface area (Å²) in [6, 6.07) is 5.90. The van der Waals surface area contributed by atoms with E-state index < -0.39 is 0 Å². The summed E-state index contributed by atoms with van der Waals surface area (Å²) < 4.78 is 11.1. The second kappa shape index (κ2) is 7.98. The molecule has 2 N–H and O–H groups in total. The summed E-state index contributed by atoms with van der Waals surface area (Å²) in [5.41, 5.74) is 6.91. The Labute approximate surface area is 110 Å². The lowest BCUT2D eigenvalue weighted by Gasteiger charge is -2.13. The predicted molar refractivity (Wildman–Crippen MR) is 75.2 cm³/mol. The molecule has 1 unspecified atom stereocenters. The van der Waals surface area contributed by atoms with Crippen molar-refractivity contribution in [1.82, 2.24) is 0 Å². The number of benzene rings is 1. The van der Waals surface area contributed by atoms with Crippen LogP contribution in [0.3, 0.4) is 0 Å². The molecule has 0 aliphatic heterocycles. The molecule has 0 amide bonds. The molecule has 0 saturated carbocycles. The molecular weight excluding hydrogens is 226 g/mol. The molecule has 1 rings (SSSR count). The van der Waals surface area contributed by atoms with E-state index in [9.17, 15) is 0 Å². The second-order valence-electron chi connectivity index (χ2n) is 4.61. The third kappa shape index (κ3) is 4.57. The lowest BCUT2D eigenvalue weighted by atomic mass is 10.1. The van der Waals surface area contributed by atoms with Gasteiger partial charge in [0.25, 0.3) is 0 Å². The topological polar surface area (TPSA) is 44.5 Å². The fourth-order valence-electron chi connectivity index (χ4n) is 1.80. The van der Waals surface area contributed by atoms with Crippen molar-refractivity contribution in [2.24, 2.45) is 5.73 Å². The highest BCUT2D eigenvalue weighted by molar-refractivity contribution is 5.43. The molecule has 0 heterocycles. The summed E-state index contributed by atoms with van der Waals surface area (Å²) in [5, 5.41) is 0. The average Bonchev–Trinajstić information content (AvgIpc) is 2.38. The molecule has 18 heavy (non-hydrogen) atoms. The number of ether oxygens (including phenoxy) is 2. The van der Waals surface area contributed by atoms with Crippen molar-refractivity contribution < 1.29 is 9.47 Å². The van der Waals surface area contributed by atoms with E-state index in [1.165, 1.54) is 19.3 Å². The molecule has 3 heteroatoms. The first-order valence-corrected chi connectivity index (χ1v) is 6.75. The Morgan fingerprint density at radius 2 is 1.94 bits per heavy atom. The molecule has 0 aliphatic carbocycles. The van der Waals surface area contributed by atoms with Gasteiger partial charge in [-0.05, 0) is 31.0 Å². The zero-order valence-electron chi connectivity index (χ0n) is 11.7. The number of unbranched alkanes of at least 4 members (excludes halogenated alkanes) is 3. The van der Waals surface area contributed by atoms with Crippen LogP contribution in [0.15, 0.2) is 18.2 Å². The van der Waals surface area contributed by atoms with Crippen LogP contribution in [0.4, 0.5) is 0 Å². The van der Waals surface area contributed by atoms with Gasteiger partial charge in [0.1, 0.15) is 0 Å². The molecule has 0 bridgehead atoms. The lowest BCUT2D eigenvalue weighted by Crippen LogP contribution is -2.06. The van der Waals surface area contributed by atoms with Crippen molar-refractivity contribution in [2.45, 2.75) is 45.6 Å². The van der Waals surface area contributed by atoms with E-state index in [-0.39, 0.29) is 6.04 Å². The molecule has 3 nitrogen and oxygen atoms in total. The third-order valence-corrected chi connectivity index (χ3v) is 2.97. The highest BCUT2D eigenvalue weighted by Crippen LogP contribution is 2.29. The minimum atomic E-state index is 0.0116. The largest absolute Gasteiger partial charge is 0.493 e. The first-order chi connectivity index (χ1) is 8.69. The molecule has 0 spiro atoms. The van der Waals surface area contributed by atoms with Crippen LogP contribution in [0.5, 0.6) is 11.5 Å². The molecule has 102 valence electrons. The van der Waals surface area contributed by atoms with Crippen LogP contribution >= 0.6 is 0 Å². The van der Waals surface area contributed by atoms with Gasteiger partial charge in [-0.15, -0.1) is 0 Å². The lowest BCUT2D eigenvalue weighted by molar-refractivity contribution is 0.285. The maximum atomic E-state index is 5.85. The van der Waals surface area contributed by atoms with Gasteiger partial charge in [-0.25, -0.2) is 0 Å². The Bertz CT molecular complexity index is 350. The van der Waals surface area contributed by atoms with Crippen molar-refractivity contribution in [1.29, 1.82) is 0 Å². The van der Waals surface area contributed by atoms with Gasteiger partial charge in [0.2, 0.25) is 0 Å². The molecule has 0 aliphatic rings. The molecular formula is C15H25NO2. The number of methoxy groups -OCH3 is 1. The van der Waals surface area contributed by atoms with E-state index in [1.54, 1.807) is 7.11 Å². The Kier molecular flexibility index (Phi) is 6.58. The zero-order valence-corrected chi connectivity index (χ0v) is 11.7. The van der Waals surface area contributed by atoms with Gasteiger partial charge in [-0.3, -0.25) is 0 Å². The zero-order chi connectivity index (χ0) is 13.4. The van der Waals surface area contributed by atoms with E-state index in [1.807, 2.05) is 25.1 Å². The quantitative estimate of drug-likeness (QED) is 0.717. The van der Waals surface area contributed by atoms with Gasteiger partial charge in [-0.1, -0.05) is 32.3 Å². The maximum Gasteiger partial charge on any atom is 0.161 e. The molecule has 0 aromatic heterocycles. The van der Waals surface area contributed by atoms with Crippen molar-refractivity contribution in [3.63, 3.8) is 0 Å². The van der Waals surface area contributed by atoms with Gasteiger partial charge in [-0.2, -0.15) is 0 Å². The third-order valence-electron chi connectivity index (χ3n) is 2.97. The van der Waals surface area contributed by atoms with E-state index >= 15 is 0 Å². The Morgan fingerprint density at radius 3 is 2.56 bits per heavy atom. The molecule has 0 saturated heterocycles. The predicted octanol–water partition coefficient (Wildman–Crippen LogP) is 3.67. The SMILES string of the molecule is CCCCCCOc1ccc(C(C)N)cc1OC. The number of hydrogen-bond donors (Lipinski definition) is 1. The molecule has 0 radical (unpaired) electrons. The van der Waals surface area contributed by atoms with E-state index in [0.717, 1.165) is 30.1 Å². The molecule has 1 aromatic carbocycles.